The smallest absolute Gasteiger partial charge is 0.222 e. The first-order valence-corrected chi connectivity index (χ1v) is 14.9. The number of halogens is 1. The number of hydrogen-bond acceptors (Lipinski definition) is 7. The number of hydrogen-bond donors (Lipinski definition) is 3. The molecule has 240 valence electrons. The fourth-order valence-corrected chi connectivity index (χ4v) is 4.53. The highest BCUT2D eigenvalue weighted by Gasteiger charge is 2.27. The first-order chi connectivity index (χ1) is 21.7. The highest BCUT2D eigenvalue weighted by atomic mass is 19.1. The number of rotatable bonds is 11. The summed E-state index contributed by atoms with van der Waals surface area (Å²) >= 11 is 0. The summed E-state index contributed by atoms with van der Waals surface area (Å²) in [6.45, 7) is 9.02. The fourth-order valence-electron chi connectivity index (χ4n) is 4.53. The Morgan fingerprint density at radius 2 is 1.84 bits per heavy atom. The van der Waals surface area contributed by atoms with Crippen LogP contribution in [0, 0.1) is 11.7 Å². The van der Waals surface area contributed by atoms with Gasteiger partial charge in [-0.3, -0.25) is 9.59 Å². The molecule has 2 aromatic carbocycles. The standard InChI is InChI=1S/C16H17NO2.C12H18FN5O.C7H10/c1-19-15-5-3-2-4-14(15)13-9-6-12(7-10-13)8-11-16(17)18;1-2-15-11-9(13)12(17-7-16-11)18-5-3-4-8(6-18)10(14)19;1-3-5-7-6-4-2/h2-7,9-10H,8,11H2,1H3,(H2,17,18);7-8H,2-6H2,1H3,(H2,14,19)(H,15,16,17);3-7H,1H2,2H3/b;;6-4-,7-5-. The van der Waals surface area contributed by atoms with E-state index in [2.05, 4.69) is 21.9 Å². The van der Waals surface area contributed by atoms with E-state index in [4.69, 9.17) is 16.2 Å². The van der Waals surface area contributed by atoms with Gasteiger partial charge in [-0.25, -0.2) is 9.97 Å². The van der Waals surface area contributed by atoms with Crippen LogP contribution in [0.15, 0.2) is 91.8 Å². The lowest BCUT2D eigenvalue weighted by Gasteiger charge is -2.32. The topological polar surface area (TPSA) is 136 Å². The van der Waals surface area contributed by atoms with Crippen molar-refractivity contribution in [2.45, 2.75) is 39.5 Å². The highest BCUT2D eigenvalue weighted by molar-refractivity contribution is 5.77. The SMILES string of the molecule is C=C/C=C\C=C/C.CCNc1ncnc(N2CCCC(C(N)=O)C2)c1F.COc1ccccc1-c1ccc(CCC(N)=O)cc1. The molecule has 3 aromatic rings. The van der Waals surface area contributed by atoms with Crippen LogP contribution < -0.4 is 26.4 Å². The van der Waals surface area contributed by atoms with Gasteiger partial charge in [-0.2, -0.15) is 4.39 Å². The van der Waals surface area contributed by atoms with E-state index >= 15 is 0 Å². The summed E-state index contributed by atoms with van der Waals surface area (Å²) in [7, 11) is 1.67. The maximum Gasteiger partial charge on any atom is 0.222 e. The number of carbonyl (C=O) groups is 2. The number of piperidine rings is 1. The van der Waals surface area contributed by atoms with Gasteiger partial charge in [0.1, 0.15) is 12.1 Å². The summed E-state index contributed by atoms with van der Waals surface area (Å²) in [6.07, 6.45) is 13.4. The number of nitrogens with one attached hydrogen (secondary N) is 1. The summed E-state index contributed by atoms with van der Waals surface area (Å²) in [5, 5.41) is 2.84. The van der Waals surface area contributed by atoms with Crippen molar-refractivity contribution in [1.82, 2.24) is 9.97 Å². The number of ether oxygens (including phenoxy) is 1. The number of para-hydroxylation sites is 1. The molecule has 0 spiro atoms. The third kappa shape index (κ3) is 12.3. The number of allylic oxidation sites excluding steroid dienone is 5. The highest BCUT2D eigenvalue weighted by Crippen LogP contribution is 2.30. The van der Waals surface area contributed by atoms with E-state index in [-0.39, 0.29) is 29.4 Å². The molecular formula is C35H45FN6O3. The molecule has 1 fully saturated rings. The van der Waals surface area contributed by atoms with E-state index in [1.165, 1.54) is 6.33 Å². The molecule has 2 heterocycles. The normalized spacial score (nSPS) is 14.1. The lowest BCUT2D eigenvalue weighted by molar-refractivity contribution is -0.122. The van der Waals surface area contributed by atoms with Gasteiger partial charge in [0.25, 0.3) is 0 Å². The molecule has 1 aliphatic heterocycles. The zero-order valence-corrected chi connectivity index (χ0v) is 26.4. The number of primary amides is 2. The Kier molecular flexibility index (Phi) is 16.1. The van der Waals surface area contributed by atoms with Gasteiger partial charge in [-0.15, -0.1) is 0 Å². The third-order valence-corrected chi connectivity index (χ3v) is 6.82. The molecule has 10 heteroatoms. The number of carbonyl (C=O) groups excluding carboxylic acids is 2. The molecule has 1 unspecified atom stereocenters. The van der Waals surface area contributed by atoms with Crippen LogP contribution in [-0.2, 0) is 16.0 Å². The first kappa shape index (κ1) is 36.2. The predicted octanol–water partition coefficient (Wildman–Crippen LogP) is 5.83. The zero-order valence-electron chi connectivity index (χ0n) is 26.4. The second-order valence-electron chi connectivity index (χ2n) is 10.1. The molecule has 0 saturated carbocycles. The van der Waals surface area contributed by atoms with Crippen molar-refractivity contribution < 1.29 is 18.7 Å². The number of methoxy groups -OCH3 is 1. The van der Waals surface area contributed by atoms with Gasteiger partial charge >= 0.3 is 0 Å². The summed E-state index contributed by atoms with van der Waals surface area (Å²) < 4.78 is 19.6. The molecule has 1 saturated heterocycles. The molecule has 1 aromatic heterocycles. The molecule has 0 radical (unpaired) electrons. The lowest BCUT2D eigenvalue weighted by Crippen LogP contribution is -2.42. The van der Waals surface area contributed by atoms with E-state index in [0.717, 1.165) is 35.3 Å². The minimum absolute atomic E-state index is 0.189. The third-order valence-electron chi connectivity index (χ3n) is 6.82. The molecular weight excluding hydrogens is 571 g/mol. The van der Waals surface area contributed by atoms with Crippen molar-refractivity contribution in [1.29, 1.82) is 0 Å². The molecule has 45 heavy (non-hydrogen) atoms. The molecule has 9 nitrogen and oxygen atoms in total. The average Bonchev–Trinajstić information content (AvgIpc) is 3.06. The van der Waals surface area contributed by atoms with Crippen molar-refractivity contribution in [3.05, 3.63) is 103 Å². The van der Waals surface area contributed by atoms with Crippen molar-refractivity contribution in [3.63, 3.8) is 0 Å². The minimum atomic E-state index is -0.477. The molecule has 5 N–H and O–H groups in total. The van der Waals surface area contributed by atoms with Crippen LogP contribution in [0.1, 0.15) is 38.7 Å². The number of benzene rings is 2. The average molecular weight is 617 g/mol. The maximum absolute atomic E-state index is 14.2. The second-order valence-corrected chi connectivity index (χ2v) is 10.1. The van der Waals surface area contributed by atoms with E-state index in [1.54, 1.807) is 18.1 Å². The Bertz CT molecular complexity index is 1430. The number of aryl methyl sites for hydroxylation is 1. The lowest BCUT2D eigenvalue weighted by atomic mass is 9.97. The minimum Gasteiger partial charge on any atom is -0.496 e. The van der Waals surface area contributed by atoms with Crippen LogP contribution in [0.25, 0.3) is 11.1 Å². The molecule has 1 atom stereocenters. The van der Waals surface area contributed by atoms with Gasteiger partial charge in [0.15, 0.2) is 11.6 Å². The Morgan fingerprint density at radius 3 is 2.47 bits per heavy atom. The van der Waals surface area contributed by atoms with Gasteiger partial charge < -0.3 is 26.4 Å². The van der Waals surface area contributed by atoms with Gasteiger partial charge in [-0.1, -0.05) is 79.4 Å². The van der Waals surface area contributed by atoms with Crippen LogP contribution in [-0.4, -0.2) is 48.5 Å². The second kappa shape index (κ2) is 20.1. The van der Waals surface area contributed by atoms with E-state index in [1.807, 2.05) is 86.7 Å². The van der Waals surface area contributed by atoms with Gasteiger partial charge in [0, 0.05) is 31.6 Å². The molecule has 4 rings (SSSR count). The number of anilines is 2. The number of nitrogens with zero attached hydrogens (tertiary/aromatic N) is 3. The van der Waals surface area contributed by atoms with E-state index < -0.39 is 5.82 Å². The molecule has 0 aliphatic carbocycles. The van der Waals surface area contributed by atoms with Crippen molar-refractivity contribution >= 4 is 23.5 Å². The monoisotopic (exact) mass is 616 g/mol. The number of nitrogens with two attached hydrogens (primary N) is 2. The van der Waals surface area contributed by atoms with Crippen LogP contribution in [0.4, 0.5) is 16.0 Å². The fraction of sp³-hybridized carbons (Fsp3) is 0.314. The maximum atomic E-state index is 14.2. The summed E-state index contributed by atoms with van der Waals surface area (Å²) in [6, 6.07) is 16.0. The van der Waals surface area contributed by atoms with Gasteiger partial charge in [0.05, 0.1) is 13.0 Å². The van der Waals surface area contributed by atoms with E-state index in [0.29, 0.717) is 32.5 Å². The van der Waals surface area contributed by atoms with Crippen molar-refractivity contribution in [2.24, 2.45) is 17.4 Å². The predicted molar refractivity (Wildman–Crippen MR) is 180 cm³/mol. The van der Waals surface area contributed by atoms with Crippen molar-refractivity contribution in [3.8, 4) is 16.9 Å². The van der Waals surface area contributed by atoms with Crippen LogP contribution >= 0.6 is 0 Å². The molecule has 1 aliphatic rings. The van der Waals surface area contributed by atoms with Crippen molar-refractivity contribution in [2.75, 3.05) is 37.0 Å². The number of amides is 2. The quantitative estimate of drug-likeness (QED) is 0.231. The molecule has 0 bridgehead atoms. The summed E-state index contributed by atoms with van der Waals surface area (Å²) in [5.41, 5.74) is 13.7. The Balaban J connectivity index is 0.000000260. The number of aromatic nitrogens is 2. The van der Waals surface area contributed by atoms with Gasteiger partial charge in [0.2, 0.25) is 17.6 Å². The van der Waals surface area contributed by atoms with Gasteiger partial charge in [-0.05, 0) is 50.3 Å². The first-order valence-electron chi connectivity index (χ1n) is 14.9. The largest absolute Gasteiger partial charge is 0.496 e. The Hall–Kier alpha value is -4.99. The summed E-state index contributed by atoms with van der Waals surface area (Å²) in [4.78, 5) is 31.6. The van der Waals surface area contributed by atoms with Crippen LogP contribution in [0.2, 0.25) is 0 Å². The zero-order chi connectivity index (χ0) is 33.0. The van der Waals surface area contributed by atoms with Crippen LogP contribution in [0.5, 0.6) is 5.75 Å². The molecule has 2 amide bonds. The Morgan fingerprint density at radius 1 is 1.11 bits per heavy atom. The summed E-state index contributed by atoms with van der Waals surface area (Å²) in [5.74, 6) is -0.0574. The van der Waals surface area contributed by atoms with E-state index in [9.17, 15) is 14.0 Å². The van der Waals surface area contributed by atoms with Crippen LogP contribution in [0.3, 0.4) is 0 Å². The Labute approximate surface area is 265 Å².